The van der Waals surface area contributed by atoms with Gasteiger partial charge in [-0.15, -0.1) is 0 Å². The van der Waals surface area contributed by atoms with Gasteiger partial charge in [0.15, 0.2) is 5.82 Å². The van der Waals surface area contributed by atoms with Crippen molar-refractivity contribution in [2.75, 3.05) is 0 Å². The van der Waals surface area contributed by atoms with Crippen LogP contribution in [-0.2, 0) is 0 Å². The number of nitrogens with zero attached hydrogens (tertiary/aromatic N) is 1. The second kappa shape index (κ2) is 5.02. The Kier molecular flexibility index (Phi) is 3.64. The number of rotatable bonds is 2. The molecule has 0 unspecified atom stereocenters. The number of ether oxygens (including phenoxy) is 1. The molecular formula is C12H8BrClFNO. The molecule has 0 N–H and O–H groups in total. The van der Waals surface area contributed by atoms with Crippen molar-refractivity contribution >= 4 is 27.5 Å². The molecule has 2 aromatic rings. The topological polar surface area (TPSA) is 22.1 Å². The number of halogens is 3. The van der Waals surface area contributed by atoms with Crippen molar-refractivity contribution in [2.45, 2.75) is 6.92 Å². The second-order valence-corrected chi connectivity index (χ2v) is 4.80. The van der Waals surface area contributed by atoms with Crippen molar-refractivity contribution in [2.24, 2.45) is 0 Å². The van der Waals surface area contributed by atoms with E-state index >= 15 is 0 Å². The molecule has 1 aromatic heterocycles. The van der Waals surface area contributed by atoms with E-state index in [4.69, 9.17) is 16.3 Å². The Bertz CT molecular complexity index is 562. The fourth-order valence-electron chi connectivity index (χ4n) is 1.27. The molecule has 0 radical (unpaired) electrons. The summed E-state index contributed by atoms with van der Waals surface area (Å²) in [6.45, 7) is 1.87. The summed E-state index contributed by atoms with van der Waals surface area (Å²) in [7, 11) is 0. The summed E-state index contributed by atoms with van der Waals surface area (Å²) in [5.41, 5.74) is 0.893. The van der Waals surface area contributed by atoms with Crippen molar-refractivity contribution in [1.82, 2.24) is 4.98 Å². The average Bonchev–Trinajstić information content (AvgIpc) is 2.27. The van der Waals surface area contributed by atoms with Gasteiger partial charge in [0.05, 0.1) is 5.02 Å². The molecule has 2 nitrogen and oxygen atoms in total. The first-order valence-electron chi connectivity index (χ1n) is 4.81. The lowest BCUT2D eigenvalue weighted by Crippen LogP contribution is -1.93. The van der Waals surface area contributed by atoms with Gasteiger partial charge in [0.1, 0.15) is 5.75 Å². The Labute approximate surface area is 112 Å². The van der Waals surface area contributed by atoms with E-state index in [1.165, 1.54) is 6.20 Å². The van der Waals surface area contributed by atoms with Crippen LogP contribution < -0.4 is 4.74 Å². The molecule has 17 heavy (non-hydrogen) atoms. The minimum Gasteiger partial charge on any atom is -0.436 e. The van der Waals surface area contributed by atoms with Gasteiger partial charge in [0.2, 0.25) is 0 Å². The van der Waals surface area contributed by atoms with Crippen molar-refractivity contribution in [3.63, 3.8) is 0 Å². The fourth-order valence-corrected chi connectivity index (χ4v) is 1.75. The van der Waals surface area contributed by atoms with Crippen LogP contribution in [0.2, 0.25) is 5.02 Å². The number of aromatic nitrogens is 1. The molecule has 0 aliphatic rings. The molecular weight excluding hydrogens is 308 g/mol. The molecule has 0 bridgehead atoms. The minimum absolute atomic E-state index is 0.0874. The van der Waals surface area contributed by atoms with Crippen LogP contribution in [0.3, 0.4) is 0 Å². The molecule has 1 heterocycles. The van der Waals surface area contributed by atoms with E-state index in [0.29, 0.717) is 5.75 Å². The normalized spacial score (nSPS) is 10.4. The van der Waals surface area contributed by atoms with Crippen molar-refractivity contribution in [3.8, 4) is 11.6 Å². The lowest BCUT2D eigenvalue weighted by Gasteiger charge is -2.08. The van der Waals surface area contributed by atoms with Gasteiger partial charge in [-0.3, -0.25) is 0 Å². The minimum atomic E-state index is -0.586. The van der Waals surface area contributed by atoms with E-state index in [1.54, 1.807) is 6.07 Å². The summed E-state index contributed by atoms with van der Waals surface area (Å²) in [6, 6.07) is 6.67. The Morgan fingerprint density at radius 3 is 2.82 bits per heavy atom. The van der Waals surface area contributed by atoms with Gasteiger partial charge in [0.25, 0.3) is 5.88 Å². The van der Waals surface area contributed by atoms with Crippen LogP contribution in [0, 0.1) is 12.7 Å². The third-order valence-electron chi connectivity index (χ3n) is 2.13. The van der Waals surface area contributed by atoms with Crippen molar-refractivity contribution in [3.05, 3.63) is 51.3 Å². The highest BCUT2D eigenvalue weighted by molar-refractivity contribution is 9.10. The zero-order valence-corrected chi connectivity index (χ0v) is 11.2. The molecule has 0 aliphatic carbocycles. The van der Waals surface area contributed by atoms with E-state index < -0.39 is 5.82 Å². The third kappa shape index (κ3) is 2.96. The van der Waals surface area contributed by atoms with Crippen molar-refractivity contribution in [1.29, 1.82) is 0 Å². The van der Waals surface area contributed by atoms with Crippen LogP contribution in [0.15, 0.2) is 34.9 Å². The first kappa shape index (κ1) is 12.3. The van der Waals surface area contributed by atoms with Gasteiger partial charge in [-0.2, -0.15) is 0 Å². The number of hydrogen-bond donors (Lipinski definition) is 0. The van der Waals surface area contributed by atoms with E-state index in [-0.39, 0.29) is 10.9 Å². The fraction of sp³-hybridized carbons (Fsp3) is 0.0833. The summed E-state index contributed by atoms with van der Waals surface area (Å²) in [5.74, 6) is -0.124. The summed E-state index contributed by atoms with van der Waals surface area (Å²) in [6.07, 6.45) is 1.34. The molecule has 2 rings (SSSR count). The number of pyridine rings is 1. The zero-order chi connectivity index (χ0) is 12.4. The quantitative estimate of drug-likeness (QED) is 0.798. The van der Waals surface area contributed by atoms with Crippen LogP contribution in [0.25, 0.3) is 0 Å². The highest BCUT2D eigenvalue weighted by Gasteiger charge is 2.09. The van der Waals surface area contributed by atoms with Gasteiger partial charge in [-0.25, -0.2) is 9.37 Å². The maximum atomic E-state index is 13.5. The van der Waals surface area contributed by atoms with Gasteiger partial charge in [0, 0.05) is 10.7 Å². The summed E-state index contributed by atoms with van der Waals surface area (Å²) < 4.78 is 19.7. The average molecular weight is 317 g/mol. The number of hydrogen-bond acceptors (Lipinski definition) is 2. The Balaban J connectivity index is 2.34. The molecule has 0 saturated carbocycles. The second-order valence-electron chi connectivity index (χ2n) is 3.45. The van der Waals surface area contributed by atoms with Crippen LogP contribution in [0.5, 0.6) is 11.6 Å². The number of benzene rings is 1. The molecule has 0 atom stereocenters. The van der Waals surface area contributed by atoms with E-state index in [1.807, 2.05) is 19.1 Å². The van der Waals surface area contributed by atoms with E-state index in [2.05, 4.69) is 20.9 Å². The summed E-state index contributed by atoms with van der Waals surface area (Å²) in [5, 5.41) is 0.237. The molecule has 0 aliphatic heterocycles. The highest BCUT2D eigenvalue weighted by atomic mass is 79.9. The van der Waals surface area contributed by atoms with Crippen LogP contribution in [-0.4, -0.2) is 4.98 Å². The van der Waals surface area contributed by atoms with Crippen LogP contribution in [0.4, 0.5) is 4.39 Å². The van der Waals surface area contributed by atoms with Crippen molar-refractivity contribution < 1.29 is 9.13 Å². The molecule has 0 fully saturated rings. The Morgan fingerprint density at radius 1 is 1.35 bits per heavy atom. The van der Waals surface area contributed by atoms with Crippen LogP contribution >= 0.6 is 27.5 Å². The predicted octanol–water partition coefficient (Wildman–Crippen LogP) is 4.74. The molecule has 0 amide bonds. The largest absolute Gasteiger partial charge is 0.436 e. The van der Waals surface area contributed by atoms with Gasteiger partial charge in [-0.1, -0.05) is 33.6 Å². The lowest BCUT2D eigenvalue weighted by molar-refractivity contribution is 0.420. The SMILES string of the molecule is Cc1ccc(Br)cc1Oc1ncc(Cl)cc1F. The Hall–Kier alpha value is -1.13. The summed E-state index contributed by atoms with van der Waals surface area (Å²) in [4.78, 5) is 3.80. The standard InChI is InChI=1S/C12H8BrClFNO/c1-7-2-3-8(13)4-11(7)17-12-10(15)5-9(14)6-16-12/h2-6H,1H3. The molecule has 88 valence electrons. The first-order chi connectivity index (χ1) is 8.06. The van der Waals surface area contributed by atoms with Crippen LogP contribution in [0.1, 0.15) is 5.56 Å². The smallest absolute Gasteiger partial charge is 0.255 e. The van der Waals surface area contributed by atoms with E-state index in [0.717, 1.165) is 16.1 Å². The molecule has 1 aromatic carbocycles. The first-order valence-corrected chi connectivity index (χ1v) is 5.98. The third-order valence-corrected chi connectivity index (χ3v) is 2.83. The predicted molar refractivity (Wildman–Crippen MR) is 68.2 cm³/mol. The Morgan fingerprint density at radius 2 is 2.12 bits per heavy atom. The van der Waals surface area contributed by atoms with Gasteiger partial charge < -0.3 is 4.74 Å². The van der Waals surface area contributed by atoms with Gasteiger partial charge in [-0.05, 0) is 30.7 Å². The highest BCUT2D eigenvalue weighted by Crippen LogP contribution is 2.29. The van der Waals surface area contributed by atoms with E-state index in [9.17, 15) is 4.39 Å². The molecule has 0 saturated heterocycles. The zero-order valence-electron chi connectivity index (χ0n) is 8.88. The monoisotopic (exact) mass is 315 g/mol. The lowest BCUT2D eigenvalue weighted by atomic mass is 10.2. The maximum absolute atomic E-state index is 13.5. The molecule has 5 heteroatoms. The number of aryl methyl sites for hydroxylation is 1. The maximum Gasteiger partial charge on any atom is 0.255 e. The molecule has 0 spiro atoms. The van der Waals surface area contributed by atoms with Gasteiger partial charge >= 0.3 is 0 Å². The summed E-state index contributed by atoms with van der Waals surface area (Å²) >= 11 is 8.94.